The molecule has 2 unspecified atom stereocenters. The summed E-state index contributed by atoms with van der Waals surface area (Å²) in [6.45, 7) is 3.01. The van der Waals surface area contributed by atoms with Crippen LogP contribution in [0, 0.1) is 5.82 Å². The normalized spacial score (nSPS) is 13.5. The van der Waals surface area contributed by atoms with Crippen molar-refractivity contribution in [3.05, 3.63) is 53.8 Å². The van der Waals surface area contributed by atoms with Gasteiger partial charge in [-0.2, -0.15) is 0 Å². The van der Waals surface area contributed by atoms with Crippen LogP contribution in [0.2, 0.25) is 0 Å². The van der Waals surface area contributed by atoms with Gasteiger partial charge in [0.25, 0.3) is 0 Å². The van der Waals surface area contributed by atoms with Gasteiger partial charge in [0.2, 0.25) is 5.91 Å². The number of carbonyl (C=O) groups excluding carboxylic acids is 1. The first-order chi connectivity index (χ1) is 12.7. The Morgan fingerprint density at radius 3 is 2.22 bits per heavy atom. The predicted molar refractivity (Wildman–Crippen MR) is 99.2 cm³/mol. The van der Waals surface area contributed by atoms with Crippen LogP contribution >= 0.6 is 0 Å². The molecule has 0 radical (unpaired) electrons. The highest BCUT2D eigenvalue weighted by molar-refractivity contribution is 7.92. The molecule has 0 saturated heterocycles. The van der Waals surface area contributed by atoms with Gasteiger partial charge in [0.15, 0.2) is 9.84 Å². The zero-order valence-electron chi connectivity index (χ0n) is 15.5. The Hall–Kier alpha value is -2.61. The lowest BCUT2D eigenvalue weighted by Gasteiger charge is -2.20. The Morgan fingerprint density at radius 2 is 1.67 bits per heavy atom. The van der Waals surface area contributed by atoms with Crippen molar-refractivity contribution in [1.82, 2.24) is 5.32 Å². The van der Waals surface area contributed by atoms with E-state index in [1.54, 1.807) is 25.1 Å². The highest BCUT2D eigenvalue weighted by atomic mass is 32.2. The quantitative estimate of drug-likeness (QED) is 0.729. The molecule has 2 rings (SSSR count). The average molecular weight is 395 g/mol. The van der Waals surface area contributed by atoms with Gasteiger partial charge in [-0.1, -0.05) is 0 Å². The minimum Gasteiger partial charge on any atom is -0.497 e. The molecule has 1 amide bonds. The van der Waals surface area contributed by atoms with Crippen molar-refractivity contribution in [3.63, 3.8) is 0 Å². The number of rotatable bonds is 7. The maximum Gasteiger partial charge on any atom is 0.238 e. The molecule has 8 heteroatoms. The van der Waals surface area contributed by atoms with Crippen LogP contribution < -0.4 is 14.8 Å². The zero-order valence-corrected chi connectivity index (χ0v) is 16.3. The van der Waals surface area contributed by atoms with Crippen LogP contribution in [0.5, 0.6) is 11.5 Å². The smallest absolute Gasteiger partial charge is 0.238 e. The van der Waals surface area contributed by atoms with Crippen molar-refractivity contribution in [2.24, 2.45) is 0 Å². The molecular weight excluding hydrogens is 373 g/mol. The van der Waals surface area contributed by atoms with E-state index in [-0.39, 0.29) is 4.90 Å². The number of benzene rings is 2. The topological polar surface area (TPSA) is 81.7 Å². The van der Waals surface area contributed by atoms with E-state index in [1.807, 2.05) is 0 Å². The Labute approximate surface area is 158 Å². The molecule has 146 valence electrons. The Balaban J connectivity index is 2.22. The molecule has 1 N–H and O–H groups in total. The maximum absolute atomic E-state index is 13.0. The van der Waals surface area contributed by atoms with E-state index in [0.29, 0.717) is 17.1 Å². The number of hydrogen-bond acceptors (Lipinski definition) is 5. The molecule has 0 aliphatic carbocycles. The number of nitrogens with one attached hydrogen (secondary N) is 1. The lowest BCUT2D eigenvalue weighted by molar-refractivity contribution is -0.121. The fraction of sp³-hybridized carbons (Fsp3) is 0.316. The van der Waals surface area contributed by atoms with Crippen molar-refractivity contribution < 1.29 is 27.1 Å². The lowest BCUT2D eigenvalue weighted by Crippen LogP contribution is -2.39. The van der Waals surface area contributed by atoms with Crippen LogP contribution in [-0.2, 0) is 14.6 Å². The van der Waals surface area contributed by atoms with Crippen molar-refractivity contribution in [2.75, 3.05) is 14.2 Å². The monoisotopic (exact) mass is 395 g/mol. The molecule has 0 aromatic heterocycles. The second kappa shape index (κ2) is 8.39. The third kappa shape index (κ3) is 4.57. The number of hydrogen-bond donors (Lipinski definition) is 1. The molecule has 27 heavy (non-hydrogen) atoms. The zero-order chi connectivity index (χ0) is 20.2. The van der Waals surface area contributed by atoms with Crippen LogP contribution in [0.1, 0.15) is 25.5 Å². The summed E-state index contributed by atoms with van der Waals surface area (Å²) >= 11 is 0. The Bertz CT molecular complexity index is 912. The Morgan fingerprint density at radius 1 is 1.04 bits per heavy atom. The first kappa shape index (κ1) is 20.7. The van der Waals surface area contributed by atoms with Crippen LogP contribution in [0.4, 0.5) is 4.39 Å². The van der Waals surface area contributed by atoms with Gasteiger partial charge >= 0.3 is 0 Å². The van der Waals surface area contributed by atoms with E-state index in [2.05, 4.69) is 5.32 Å². The van der Waals surface area contributed by atoms with Gasteiger partial charge in [-0.15, -0.1) is 0 Å². The molecule has 0 spiro atoms. The standard InChI is InChI=1S/C19H22FNO5S/c1-12(17-11-15(25-3)7-10-18(17)26-4)21-19(22)13(2)27(23,24)16-8-5-14(20)6-9-16/h5-13H,1-4H3,(H,21,22). The van der Waals surface area contributed by atoms with E-state index >= 15 is 0 Å². The van der Waals surface area contributed by atoms with Gasteiger partial charge in [0, 0.05) is 5.56 Å². The third-order valence-corrected chi connectivity index (χ3v) is 6.31. The van der Waals surface area contributed by atoms with Gasteiger partial charge in [-0.3, -0.25) is 4.79 Å². The van der Waals surface area contributed by atoms with Gasteiger partial charge in [-0.25, -0.2) is 12.8 Å². The summed E-state index contributed by atoms with van der Waals surface area (Å²) in [7, 11) is -0.924. The molecule has 2 aromatic rings. The number of sulfone groups is 1. The van der Waals surface area contributed by atoms with Crippen molar-refractivity contribution in [3.8, 4) is 11.5 Å². The fourth-order valence-corrected chi connectivity index (χ4v) is 3.83. The summed E-state index contributed by atoms with van der Waals surface area (Å²) in [5, 5.41) is 1.34. The molecule has 0 saturated carbocycles. The van der Waals surface area contributed by atoms with E-state index in [1.165, 1.54) is 21.1 Å². The molecule has 0 aliphatic heterocycles. The molecule has 6 nitrogen and oxygen atoms in total. The number of methoxy groups -OCH3 is 2. The Kier molecular flexibility index (Phi) is 6.43. The number of amides is 1. The van der Waals surface area contributed by atoms with E-state index in [4.69, 9.17) is 9.47 Å². The largest absolute Gasteiger partial charge is 0.497 e. The van der Waals surface area contributed by atoms with Gasteiger partial charge in [-0.05, 0) is 56.3 Å². The lowest BCUT2D eigenvalue weighted by atomic mass is 10.1. The molecular formula is C19H22FNO5S. The molecule has 0 bridgehead atoms. The predicted octanol–water partition coefficient (Wildman–Crippen LogP) is 2.88. The number of halogens is 1. The van der Waals surface area contributed by atoms with Gasteiger partial charge < -0.3 is 14.8 Å². The van der Waals surface area contributed by atoms with Gasteiger partial charge in [0.1, 0.15) is 22.6 Å². The molecule has 0 heterocycles. The summed E-state index contributed by atoms with van der Waals surface area (Å²) in [4.78, 5) is 12.4. The summed E-state index contributed by atoms with van der Waals surface area (Å²) in [5.41, 5.74) is 0.650. The molecule has 0 fully saturated rings. The van der Waals surface area contributed by atoms with Gasteiger partial charge in [0.05, 0.1) is 25.2 Å². The second-order valence-electron chi connectivity index (χ2n) is 5.98. The average Bonchev–Trinajstić information content (AvgIpc) is 2.66. The summed E-state index contributed by atoms with van der Waals surface area (Å²) in [6.07, 6.45) is 0. The first-order valence-corrected chi connectivity index (χ1v) is 9.77. The minimum absolute atomic E-state index is 0.113. The van der Waals surface area contributed by atoms with E-state index in [9.17, 15) is 17.6 Å². The highest BCUT2D eigenvalue weighted by Crippen LogP contribution is 2.29. The number of carbonyl (C=O) groups is 1. The number of ether oxygens (including phenoxy) is 2. The SMILES string of the molecule is COc1ccc(OC)c(C(C)NC(=O)C(C)S(=O)(=O)c2ccc(F)cc2)c1. The third-order valence-electron chi connectivity index (χ3n) is 4.24. The second-order valence-corrected chi connectivity index (χ2v) is 8.25. The van der Waals surface area contributed by atoms with E-state index in [0.717, 1.165) is 24.3 Å². The van der Waals surface area contributed by atoms with E-state index < -0.39 is 32.9 Å². The van der Waals surface area contributed by atoms with Crippen molar-refractivity contribution in [1.29, 1.82) is 0 Å². The highest BCUT2D eigenvalue weighted by Gasteiger charge is 2.31. The van der Waals surface area contributed by atoms with Crippen LogP contribution in [0.15, 0.2) is 47.4 Å². The minimum atomic E-state index is -3.95. The van der Waals surface area contributed by atoms with Crippen molar-refractivity contribution >= 4 is 15.7 Å². The van der Waals surface area contributed by atoms with Crippen LogP contribution in [0.3, 0.4) is 0 Å². The van der Waals surface area contributed by atoms with Crippen LogP contribution in [-0.4, -0.2) is 33.8 Å². The maximum atomic E-state index is 13.0. The van der Waals surface area contributed by atoms with Crippen LogP contribution in [0.25, 0.3) is 0 Å². The fourth-order valence-electron chi connectivity index (χ4n) is 2.56. The van der Waals surface area contributed by atoms with Crippen molar-refractivity contribution in [2.45, 2.75) is 30.0 Å². The molecule has 0 aliphatic rings. The first-order valence-electron chi connectivity index (χ1n) is 8.22. The molecule has 2 atom stereocenters. The summed E-state index contributed by atoms with van der Waals surface area (Å²) in [6, 6.07) is 8.99. The molecule has 2 aromatic carbocycles. The summed E-state index contributed by atoms with van der Waals surface area (Å²) < 4.78 is 48.7. The summed E-state index contributed by atoms with van der Waals surface area (Å²) in [5.74, 6) is -0.0991.